The fourth-order valence-corrected chi connectivity index (χ4v) is 4.78. The van der Waals surface area contributed by atoms with Gasteiger partial charge in [0, 0.05) is 28.8 Å². The number of fused-ring (bicyclic) bond motifs is 1. The Balaban J connectivity index is 1.26. The minimum Gasteiger partial charge on any atom is -0.494 e. The Bertz CT molecular complexity index is 1500. The molecule has 1 aromatic heterocycles. The van der Waals surface area contributed by atoms with E-state index in [1.54, 1.807) is 12.1 Å². The SMILES string of the molecule is CCCCOc1ccc(NC(=O)c2oc3c(c2C)/C(=N/NC(=O)c2ccc(-c4ccccc4)cc2)CCC3)cc1. The van der Waals surface area contributed by atoms with Crippen molar-refractivity contribution in [2.75, 3.05) is 11.9 Å². The van der Waals surface area contributed by atoms with E-state index >= 15 is 0 Å². The summed E-state index contributed by atoms with van der Waals surface area (Å²) < 4.78 is 11.7. The molecule has 204 valence electrons. The van der Waals surface area contributed by atoms with E-state index in [2.05, 4.69) is 22.8 Å². The van der Waals surface area contributed by atoms with Gasteiger partial charge >= 0.3 is 0 Å². The summed E-state index contributed by atoms with van der Waals surface area (Å²) in [6.45, 7) is 4.64. The van der Waals surface area contributed by atoms with E-state index in [0.717, 1.165) is 41.7 Å². The highest BCUT2D eigenvalue weighted by Gasteiger charge is 2.28. The zero-order valence-corrected chi connectivity index (χ0v) is 22.8. The molecular weight excluding hydrogens is 502 g/mol. The number of nitrogens with one attached hydrogen (secondary N) is 2. The van der Waals surface area contributed by atoms with Crippen molar-refractivity contribution >= 4 is 23.2 Å². The molecule has 1 aliphatic carbocycles. The van der Waals surface area contributed by atoms with Gasteiger partial charge in [0.2, 0.25) is 0 Å². The van der Waals surface area contributed by atoms with Crippen LogP contribution in [0, 0.1) is 6.92 Å². The molecule has 0 fully saturated rings. The van der Waals surface area contributed by atoms with Crippen molar-refractivity contribution in [1.29, 1.82) is 0 Å². The van der Waals surface area contributed by atoms with Crippen molar-refractivity contribution in [2.24, 2.45) is 5.10 Å². The molecule has 0 unspecified atom stereocenters. The van der Waals surface area contributed by atoms with Crippen molar-refractivity contribution in [1.82, 2.24) is 5.43 Å². The van der Waals surface area contributed by atoms with E-state index < -0.39 is 0 Å². The van der Waals surface area contributed by atoms with E-state index in [9.17, 15) is 9.59 Å². The number of amides is 2. The van der Waals surface area contributed by atoms with Gasteiger partial charge < -0.3 is 14.5 Å². The van der Waals surface area contributed by atoms with Crippen molar-refractivity contribution in [3.8, 4) is 16.9 Å². The average molecular weight is 536 g/mol. The lowest BCUT2D eigenvalue weighted by Gasteiger charge is -2.13. The highest BCUT2D eigenvalue weighted by molar-refractivity contribution is 6.09. The second-order valence-electron chi connectivity index (χ2n) is 9.83. The maximum absolute atomic E-state index is 13.1. The van der Waals surface area contributed by atoms with Gasteiger partial charge in [0.1, 0.15) is 11.5 Å². The Hall–Kier alpha value is -4.65. The number of benzene rings is 3. The van der Waals surface area contributed by atoms with E-state index in [4.69, 9.17) is 9.15 Å². The number of furan rings is 1. The molecule has 0 saturated carbocycles. The Kier molecular flexibility index (Phi) is 8.40. The van der Waals surface area contributed by atoms with Gasteiger partial charge in [-0.15, -0.1) is 0 Å². The van der Waals surface area contributed by atoms with Crippen LogP contribution in [0.5, 0.6) is 5.75 Å². The van der Waals surface area contributed by atoms with Crippen LogP contribution in [-0.4, -0.2) is 24.1 Å². The molecule has 0 saturated heterocycles. The van der Waals surface area contributed by atoms with Crippen LogP contribution < -0.4 is 15.5 Å². The molecule has 2 amide bonds. The van der Waals surface area contributed by atoms with E-state index in [-0.39, 0.29) is 17.6 Å². The van der Waals surface area contributed by atoms with Crippen LogP contribution in [0.3, 0.4) is 0 Å². The molecule has 40 heavy (non-hydrogen) atoms. The third kappa shape index (κ3) is 6.15. The fourth-order valence-electron chi connectivity index (χ4n) is 4.78. The topological polar surface area (TPSA) is 92.9 Å². The maximum Gasteiger partial charge on any atom is 0.291 e. The molecule has 7 heteroatoms. The number of hydrogen-bond donors (Lipinski definition) is 2. The highest BCUT2D eigenvalue weighted by atomic mass is 16.5. The Morgan fingerprint density at radius 2 is 1.62 bits per heavy atom. The maximum atomic E-state index is 13.1. The number of rotatable bonds is 9. The van der Waals surface area contributed by atoms with Crippen LogP contribution in [0.4, 0.5) is 5.69 Å². The second kappa shape index (κ2) is 12.5. The number of anilines is 1. The van der Waals surface area contributed by atoms with Gasteiger partial charge in [0.05, 0.1) is 12.3 Å². The smallest absolute Gasteiger partial charge is 0.291 e. The lowest BCUT2D eigenvalue weighted by Crippen LogP contribution is -2.22. The van der Waals surface area contributed by atoms with Gasteiger partial charge in [-0.1, -0.05) is 55.8 Å². The Morgan fingerprint density at radius 1 is 0.900 bits per heavy atom. The van der Waals surface area contributed by atoms with Crippen molar-refractivity contribution < 1.29 is 18.7 Å². The van der Waals surface area contributed by atoms with Gasteiger partial charge in [0.25, 0.3) is 11.8 Å². The summed E-state index contributed by atoms with van der Waals surface area (Å²) in [5, 5.41) is 7.36. The first-order valence-electron chi connectivity index (χ1n) is 13.7. The molecule has 0 bridgehead atoms. The number of hydrogen-bond acceptors (Lipinski definition) is 5. The number of hydrazone groups is 1. The summed E-state index contributed by atoms with van der Waals surface area (Å²) in [6.07, 6.45) is 4.28. The number of unbranched alkanes of at least 4 members (excludes halogenated alkanes) is 1. The quantitative estimate of drug-likeness (QED) is 0.176. The van der Waals surface area contributed by atoms with Gasteiger partial charge in [-0.3, -0.25) is 9.59 Å². The summed E-state index contributed by atoms with van der Waals surface area (Å²) in [5.74, 6) is 1.12. The Labute approximate surface area is 234 Å². The summed E-state index contributed by atoms with van der Waals surface area (Å²) in [6, 6.07) is 24.7. The third-order valence-corrected chi connectivity index (χ3v) is 6.96. The fraction of sp³-hybridized carbons (Fsp3) is 0.242. The van der Waals surface area contributed by atoms with Crippen LogP contribution in [0.2, 0.25) is 0 Å². The first-order valence-corrected chi connectivity index (χ1v) is 13.7. The Morgan fingerprint density at radius 3 is 2.35 bits per heavy atom. The van der Waals surface area contributed by atoms with Crippen molar-refractivity contribution in [2.45, 2.75) is 46.0 Å². The largest absolute Gasteiger partial charge is 0.494 e. The molecule has 7 nitrogen and oxygen atoms in total. The number of ether oxygens (including phenoxy) is 1. The molecule has 0 aliphatic heterocycles. The van der Waals surface area contributed by atoms with Gasteiger partial charge in [-0.25, -0.2) is 5.43 Å². The lowest BCUT2D eigenvalue weighted by molar-refractivity contribution is 0.0953. The summed E-state index contributed by atoms with van der Waals surface area (Å²) in [7, 11) is 0. The summed E-state index contributed by atoms with van der Waals surface area (Å²) in [5.41, 5.74) is 8.22. The average Bonchev–Trinajstić information content (AvgIpc) is 3.34. The van der Waals surface area contributed by atoms with E-state index in [0.29, 0.717) is 47.7 Å². The molecule has 0 atom stereocenters. The van der Waals surface area contributed by atoms with Crippen molar-refractivity contribution in [3.05, 3.63) is 107 Å². The molecular formula is C33H33N3O4. The first-order chi connectivity index (χ1) is 19.5. The van der Waals surface area contributed by atoms with Gasteiger partial charge in [0.15, 0.2) is 5.76 Å². The minimum atomic E-state index is -0.326. The number of carbonyl (C=O) groups excluding carboxylic acids is 2. The molecule has 3 aromatic carbocycles. The molecule has 2 N–H and O–H groups in total. The zero-order valence-electron chi connectivity index (χ0n) is 22.8. The van der Waals surface area contributed by atoms with Crippen LogP contribution in [-0.2, 0) is 6.42 Å². The predicted octanol–water partition coefficient (Wildman–Crippen LogP) is 7.16. The molecule has 1 aliphatic rings. The third-order valence-electron chi connectivity index (χ3n) is 6.96. The van der Waals surface area contributed by atoms with Crippen LogP contribution in [0.1, 0.15) is 70.4 Å². The normalized spacial score (nSPS) is 13.5. The van der Waals surface area contributed by atoms with Gasteiger partial charge in [-0.2, -0.15) is 5.10 Å². The minimum absolute atomic E-state index is 0.255. The predicted molar refractivity (Wildman–Crippen MR) is 157 cm³/mol. The number of nitrogens with zero attached hydrogens (tertiary/aromatic N) is 1. The van der Waals surface area contributed by atoms with Crippen LogP contribution in [0.25, 0.3) is 11.1 Å². The second-order valence-corrected chi connectivity index (χ2v) is 9.83. The molecule has 1 heterocycles. The van der Waals surface area contributed by atoms with Crippen LogP contribution >= 0.6 is 0 Å². The van der Waals surface area contributed by atoms with Crippen molar-refractivity contribution in [3.63, 3.8) is 0 Å². The molecule has 0 radical (unpaired) electrons. The lowest BCUT2D eigenvalue weighted by atomic mass is 9.93. The molecule has 5 rings (SSSR count). The highest BCUT2D eigenvalue weighted by Crippen LogP contribution is 2.30. The molecule has 4 aromatic rings. The van der Waals surface area contributed by atoms with E-state index in [1.165, 1.54) is 0 Å². The summed E-state index contributed by atoms with van der Waals surface area (Å²) in [4.78, 5) is 25.9. The van der Waals surface area contributed by atoms with Gasteiger partial charge in [-0.05, 0) is 73.7 Å². The number of carbonyl (C=O) groups is 2. The summed E-state index contributed by atoms with van der Waals surface area (Å²) >= 11 is 0. The van der Waals surface area contributed by atoms with Crippen LogP contribution in [0.15, 0.2) is 88.4 Å². The molecule has 0 spiro atoms. The first kappa shape index (κ1) is 26.9. The monoisotopic (exact) mass is 535 g/mol. The zero-order chi connectivity index (χ0) is 27.9. The van der Waals surface area contributed by atoms with E-state index in [1.807, 2.05) is 73.7 Å². The number of aryl methyl sites for hydroxylation is 1. The standard InChI is InChI=1S/C33H33N3O4/c1-3-4-21-39-27-19-17-26(18-20-27)34-33(38)31-22(2)30-28(11-8-12-29(30)40-31)35-36-32(37)25-15-13-24(14-16-25)23-9-6-5-7-10-23/h5-7,9-10,13-20H,3-4,8,11-12,21H2,1-2H3,(H,34,38)(H,36,37)/b35-28+.